The van der Waals surface area contributed by atoms with Crippen LogP contribution in [-0.2, 0) is 4.79 Å². The van der Waals surface area contributed by atoms with Crippen molar-refractivity contribution in [3.05, 3.63) is 23.2 Å². The van der Waals surface area contributed by atoms with E-state index >= 15 is 0 Å². The summed E-state index contributed by atoms with van der Waals surface area (Å²) >= 11 is 3.05. The van der Waals surface area contributed by atoms with Crippen LogP contribution in [0.5, 0.6) is 5.75 Å². The fourth-order valence-corrected chi connectivity index (χ4v) is 3.89. The number of fused-ring (bicyclic) bond motifs is 1. The van der Waals surface area contributed by atoms with Gasteiger partial charge in [0.15, 0.2) is 5.78 Å². The summed E-state index contributed by atoms with van der Waals surface area (Å²) < 4.78 is 0.930. The van der Waals surface area contributed by atoms with E-state index in [1.807, 2.05) is 0 Å². The Morgan fingerprint density at radius 2 is 2.33 bits per heavy atom. The molecule has 1 N–H and O–H groups in total. The van der Waals surface area contributed by atoms with Crippen molar-refractivity contribution in [1.82, 2.24) is 4.98 Å². The molecule has 1 aromatic carbocycles. The summed E-state index contributed by atoms with van der Waals surface area (Å²) in [4.78, 5) is 20.1. The number of rotatable bonds is 2. The number of hydrogen-bond acceptors (Lipinski definition) is 6. The van der Waals surface area contributed by atoms with Crippen LogP contribution in [0.2, 0.25) is 0 Å². The third kappa shape index (κ3) is 2.02. The molecule has 18 heavy (non-hydrogen) atoms. The molecule has 0 saturated heterocycles. The van der Waals surface area contributed by atoms with Crippen molar-refractivity contribution in [2.45, 2.75) is 13.0 Å². The molecule has 1 atom stereocenters. The van der Waals surface area contributed by atoms with Crippen LogP contribution < -0.4 is 0 Å². The first-order valence-corrected chi connectivity index (χ1v) is 7.24. The van der Waals surface area contributed by atoms with Crippen LogP contribution in [0.4, 0.5) is 0 Å². The number of aromatic hydroxyl groups is 1. The van der Waals surface area contributed by atoms with E-state index in [0.29, 0.717) is 5.75 Å². The normalized spacial score (nSPS) is 19.2. The highest BCUT2D eigenvalue weighted by atomic mass is 32.2. The summed E-state index contributed by atoms with van der Waals surface area (Å²) in [7, 11) is 0. The van der Waals surface area contributed by atoms with Crippen LogP contribution in [0.25, 0.3) is 10.2 Å². The van der Waals surface area contributed by atoms with Crippen molar-refractivity contribution in [2.24, 2.45) is 4.99 Å². The van der Waals surface area contributed by atoms with Crippen LogP contribution in [0.3, 0.4) is 0 Å². The van der Waals surface area contributed by atoms with Gasteiger partial charge >= 0.3 is 0 Å². The van der Waals surface area contributed by atoms with E-state index in [9.17, 15) is 9.90 Å². The first-order valence-electron chi connectivity index (χ1n) is 5.44. The largest absolute Gasteiger partial charge is 0.508 e. The maximum atomic E-state index is 11.3. The minimum atomic E-state index is -0.231. The van der Waals surface area contributed by atoms with Gasteiger partial charge in [-0.25, -0.2) is 4.98 Å². The molecule has 0 fully saturated rings. The lowest BCUT2D eigenvalue weighted by atomic mass is 10.2. The number of phenols is 1. The zero-order chi connectivity index (χ0) is 12.7. The summed E-state index contributed by atoms with van der Waals surface area (Å²) in [5.41, 5.74) is 0.849. The number of hydrogen-bond donors (Lipinski definition) is 1. The summed E-state index contributed by atoms with van der Waals surface area (Å²) in [6, 6.07) is 4.87. The molecule has 0 spiro atoms. The molecule has 0 saturated carbocycles. The van der Waals surface area contributed by atoms with Gasteiger partial charge in [-0.1, -0.05) is 0 Å². The molecule has 0 amide bonds. The van der Waals surface area contributed by atoms with Gasteiger partial charge in [0, 0.05) is 5.75 Å². The van der Waals surface area contributed by atoms with E-state index in [4.69, 9.17) is 0 Å². The molecule has 1 aromatic heterocycles. The molecule has 0 radical (unpaired) electrons. The lowest BCUT2D eigenvalue weighted by Gasteiger charge is -1.95. The molecule has 0 bridgehead atoms. The van der Waals surface area contributed by atoms with E-state index < -0.39 is 0 Å². The predicted molar refractivity (Wildman–Crippen MR) is 74.7 cm³/mol. The fourth-order valence-electron chi connectivity index (χ4n) is 1.70. The zero-order valence-corrected chi connectivity index (χ0v) is 11.2. The first-order chi connectivity index (χ1) is 8.63. The molecular formula is C12H10N2O2S2. The van der Waals surface area contributed by atoms with E-state index in [1.54, 1.807) is 36.9 Å². The van der Waals surface area contributed by atoms with E-state index in [1.165, 1.54) is 11.3 Å². The SMILES string of the molecule is CC(=O)[C@H]1CSC(c2nc3ccc(O)cc3s2)=N1. The van der Waals surface area contributed by atoms with Crippen molar-refractivity contribution < 1.29 is 9.90 Å². The third-order valence-electron chi connectivity index (χ3n) is 2.68. The number of carbonyl (C=O) groups is 1. The quantitative estimate of drug-likeness (QED) is 0.916. The van der Waals surface area contributed by atoms with Gasteiger partial charge in [0.1, 0.15) is 21.8 Å². The highest BCUT2D eigenvalue weighted by Crippen LogP contribution is 2.31. The summed E-state index contributed by atoms with van der Waals surface area (Å²) in [5, 5.41) is 11.1. The Kier molecular flexibility index (Phi) is 2.83. The lowest BCUT2D eigenvalue weighted by molar-refractivity contribution is -0.117. The van der Waals surface area contributed by atoms with Gasteiger partial charge in [-0.05, 0) is 25.1 Å². The Hall–Kier alpha value is -1.40. The highest BCUT2D eigenvalue weighted by molar-refractivity contribution is 8.15. The molecule has 2 heterocycles. The van der Waals surface area contributed by atoms with Crippen molar-refractivity contribution in [3.8, 4) is 5.75 Å². The molecule has 4 nitrogen and oxygen atoms in total. The standard InChI is InChI=1S/C12H10N2O2S2/c1-6(15)9-5-17-11(14-9)12-13-8-3-2-7(16)4-10(8)18-12/h2-4,9,16H,5H2,1H3/t9-/m1/s1. The van der Waals surface area contributed by atoms with Gasteiger partial charge in [0.2, 0.25) is 0 Å². The maximum absolute atomic E-state index is 11.3. The molecule has 3 rings (SSSR count). The number of carbonyl (C=O) groups excluding carboxylic acids is 1. The summed E-state index contributed by atoms with van der Waals surface area (Å²) in [6.45, 7) is 1.56. The van der Waals surface area contributed by atoms with Gasteiger partial charge in [0.05, 0.1) is 10.2 Å². The molecule has 0 aliphatic carbocycles. The van der Waals surface area contributed by atoms with E-state index in [2.05, 4.69) is 9.98 Å². The number of nitrogens with zero attached hydrogens (tertiary/aromatic N) is 2. The molecule has 1 aliphatic heterocycles. The molecule has 6 heteroatoms. The summed E-state index contributed by atoms with van der Waals surface area (Å²) in [6.07, 6.45) is 0. The second kappa shape index (κ2) is 4.37. The number of thiazole rings is 1. The van der Waals surface area contributed by atoms with E-state index in [0.717, 1.165) is 20.3 Å². The molecular weight excluding hydrogens is 268 g/mol. The Bertz CT molecular complexity index is 663. The predicted octanol–water partition coefficient (Wildman–Crippen LogP) is 2.45. The van der Waals surface area contributed by atoms with Gasteiger partial charge in [-0.3, -0.25) is 9.79 Å². The number of thioether (sulfide) groups is 1. The van der Waals surface area contributed by atoms with Crippen molar-refractivity contribution >= 4 is 44.1 Å². The maximum Gasteiger partial charge on any atom is 0.155 e. The van der Waals surface area contributed by atoms with Gasteiger partial charge < -0.3 is 5.11 Å². The Morgan fingerprint density at radius 1 is 1.50 bits per heavy atom. The monoisotopic (exact) mass is 278 g/mol. The Balaban J connectivity index is 2.00. The molecule has 92 valence electrons. The van der Waals surface area contributed by atoms with Gasteiger partial charge in [-0.2, -0.15) is 0 Å². The van der Waals surface area contributed by atoms with Crippen LogP contribution >= 0.6 is 23.1 Å². The van der Waals surface area contributed by atoms with Crippen LogP contribution in [-0.4, -0.2) is 32.7 Å². The average Bonchev–Trinajstić information content (AvgIpc) is 2.93. The second-order valence-electron chi connectivity index (χ2n) is 4.04. The number of phenolic OH excluding ortho intramolecular Hbond substituents is 1. The van der Waals surface area contributed by atoms with Crippen molar-refractivity contribution in [2.75, 3.05) is 5.75 Å². The minimum absolute atomic E-state index is 0.0938. The van der Waals surface area contributed by atoms with Crippen molar-refractivity contribution in [1.29, 1.82) is 0 Å². The molecule has 0 unspecified atom stereocenters. The van der Waals surface area contributed by atoms with E-state index in [-0.39, 0.29) is 17.6 Å². The number of aliphatic imine (C=N–C) groups is 1. The minimum Gasteiger partial charge on any atom is -0.508 e. The van der Waals surface area contributed by atoms with Gasteiger partial charge in [0.25, 0.3) is 0 Å². The van der Waals surface area contributed by atoms with Crippen LogP contribution in [0.15, 0.2) is 23.2 Å². The third-order valence-corrected chi connectivity index (χ3v) is 4.88. The lowest BCUT2D eigenvalue weighted by Crippen LogP contribution is -2.14. The zero-order valence-electron chi connectivity index (χ0n) is 9.58. The van der Waals surface area contributed by atoms with Crippen LogP contribution in [0, 0.1) is 0 Å². The fraction of sp³-hybridized carbons (Fsp3) is 0.250. The summed E-state index contributed by atoms with van der Waals surface area (Å²) in [5.74, 6) is 1.03. The number of Topliss-reactive ketones (excluding diaryl/α,β-unsaturated/α-hetero) is 1. The number of benzene rings is 1. The first kappa shape index (κ1) is 11.7. The average molecular weight is 278 g/mol. The highest BCUT2D eigenvalue weighted by Gasteiger charge is 2.24. The Labute approximate surface area is 112 Å². The van der Waals surface area contributed by atoms with Crippen molar-refractivity contribution in [3.63, 3.8) is 0 Å². The van der Waals surface area contributed by atoms with Crippen LogP contribution in [0.1, 0.15) is 11.9 Å². The Morgan fingerprint density at radius 3 is 3.06 bits per heavy atom. The topological polar surface area (TPSA) is 62.5 Å². The molecule has 1 aliphatic rings. The second-order valence-corrected chi connectivity index (χ2v) is 6.08. The smallest absolute Gasteiger partial charge is 0.155 e. The molecule has 2 aromatic rings. The number of ketones is 1. The van der Waals surface area contributed by atoms with Gasteiger partial charge in [-0.15, -0.1) is 23.1 Å². The number of aromatic nitrogens is 1.